The Bertz CT molecular complexity index is 668. The topological polar surface area (TPSA) is 58.6 Å². The van der Waals surface area contributed by atoms with E-state index < -0.39 is 35.3 Å². The van der Waals surface area contributed by atoms with Crippen LogP contribution in [0.3, 0.4) is 0 Å². The Morgan fingerprint density at radius 2 is 1.85 bits per heavy atom. The van der Waals surface area contributed by atoms with Gasteiger partial charge in [0.25, 0.3) is 0 Å². The summed E-state index contributed by atoms with van der Waals surface area (Å²) in [5.74, 6) is -1.12. The molecule has 1 saturated heterocycles. The summed E-state index contributed by atoms with van der Waals surface area (Å²) >= 11 is 0. The highest BCUT2D eigenvalue weighted by molar-refractivity contribution is 5.93. The number of carbonyl (C=O) groups is 2. The molecule has 0 radical (unpaired) electrons. The molecule has 1 N–H and O–H groups in total. The number of piperidine rings is 1. The second kappa shape index (κ2) is 7.55. The van der Waals surface area contributed by atoms with Crippen molar-refractivity contribution in [1.82, 2.24) is 4.90 Å². The molecule has 0 aliphatic carbocycles. The zero-order valence-corrected chi connectivity index (χ0v) is 15.0. The highest BCUT2D eigenvalue weighted by atomic mass is 19.4. The Hall–Kier alpha value is -2.25. The molecule has 0 bridgehead atoms. The van der Waals surface area contributed by atoms with Gasteiger partial charge in [-0.15, -0.1) is 0 Å². The van der Waals surface area contributed by atoms with Crippen molar-refractivity contribution in [2.24, 2.45) is 5.92 Å². The lowest BCUT2D eigenvalue weighted by Crippen LogP contribution is -2.45. The van der Waals surface area contributed by atoms with E-state index in [9.17, 15) is 22.8 Å². The number of benzene rings is 1. The molecule has 1 aromatic carbocycles. The highest BCUT2D eigenvalue weighted by Crippen LogP contribution is 2.35. The van der Waals surface area contributed by atoms with Crippen molar-refractivity contribution in [3.8, 4) is 0 Å². The smallest absolute Gasteiger partial charge is 0.418 e. The minimum atomic E-state index is -4.56. The summed E-state index contributed by atoms with van der Waals surface area (Å²) < 4.78 is 44.4. The number of nitrogens with one attached hydrogen (secondary N) is 1. The summed E-state index contributed by atoms with van der Waals surface area (Å²) in [6.45, 7) is 5.81. The highest BCUT2D eigenvalue weighted by Gasteiger charge is 2.35. The summed E-state index contributed by atoms with van der Waals surface area (Å²) in [6.07, 6.45) is -4.00. The standard InChI is InChI=1S/C18H23F3N2O3/c1-17(2,3)26-16(25)23-10-6-7-12(11-23)15(24)22-14-9-5-4-8-13(14)18(19,20)21/h4-5,8-9,12H,6-7,10-11H2,1-3H3,(H,22,24). The fourth-order valence-corrected chi connectivity index (χ4v) is 2.76. The van der Waals surface area contributed by atoms with Gasteiger partial charge in [0, 0.05) is 13.1 Å². The molecule has 2 amide bonds. The number of amides is 2. The second-order valence-corrected chi connectivity index (χ2v) is 7.30. The molecule has 1 fully saturated rings. The van der Waals surface area contributed by atoms with Gasteiger partial charge in [-0.05, 0) is 45.7 Å². The lowest BCUT2D eigenvalue weighted by molar-refractivity contribution is -0.137. The van der Waals surface area contributed by atoms with Crippen molar-refractivity contribution in [3.63, 3.8) is 0 Å². The van der Waals surface area contributed by atoms with E-state index in [4.69, 9.17) is 4.74 Å². The molecule has 8 heteroatoms. The van der Waals surface area contributed by atoms with E-state index in [0.717, 1.165) is 6.07 Å². The average Bonchev–Trinajstić information content (AvgIpc) is 2.53. The number of rotatable bonds is 2. The molecule has 1 aliphatic heterocycles. The Balaban J connectivity index is 2.05. The second-order valence-electron chi connectivity index (χ2n) is 7.30. The first-order valence-corrected chi connectivity index (χ1v) is 8.42. The molecule has 0 saturated carbocycles. The number of anilines is 1. The summed E-state index contributed by atoms with van der Waals surface area (Å²) in [5, 5.41) is 2.36. The number of likely N-dealkylation sites (tertiary alicyclic amines) is 1. The molecular formula is C18H23F3N2O3. The third-order valence-electron chi connectivity index (χ3n) is 3.93. The molecule has 1 aliphatic rings. The number of para-hydroxylation sites is 1. The largest absolute Gasteiger partial charge is 0.444 e. The Morgan fingerprint density at radius 1 is 1.19 bits per heavy atom. The molecular weight excluding hydrogens is 349 g/mol. The lowest BCUT2D eigenvalue weighted by atomic mass is 9.97. The molecule has 0 spiro atoms. The number of alkyl halides is 3. The van der Waals surface area contributed by atoms with Crippen LogP contribution in [0.15, 0.2) is 24.3 Å². The van der Waals surface area contributed by atoms with Gasteiger partial charge in [-0.3, -0.25) is 4.79 Å². The maximum absolute atomic E-state index is 13.0. The average molecular weight is 372 g/mol. The molecule has 144 valence electrons. The van der Waals surface area contributed by atoms with Gasteiger partial charge in [0.2, 0.25) is 5.91 Å². The summed E-state index contributed by atoms with van der Waals surface area (Å²) in [5.41, 5.74) is -1.83. The first-order chi connectivity index (χ1) is 12.0. The SMILES string of the molecule is CC(C)(C)OC(=O)N1CCCC(C(=O)Nc2ccccc2C(F)(F)F)C1. The number of ether oxygens (including phenoxy) is 1. The third kappa shape index (κ3) is 5.37. The molecule has 1 atom stereocenters. The fourth-order valence-electron chi connectivity index (χ4n) is 2.76. The van der Waals surface area contributed by atoms with Gasteiger partial charge >= 0.3 is 12.3 Å². The van der Waals surface area contributed by atoms with Gasteiger partial charge in [0.05, 0.1) is 17.2 Å². The number of hydrogen-bond acceptors (Lipinski definition) is 3. The molecule has 2 rings (SSSR count). The van der Waals surface area contributed by atoms with Gasteiger partial charge < -0.3 is 15.0 Å². The molecule has 1 aromatic rings. The van der Waals surface area contributed by atoms with E-state index in [1.807, 2.05) is 0 Å². The van der Waals surface area contributed by atoms with Gasteiger partial charge in [-0.25, -0.2) is 4.79 Å². The maximum atomic E-state index is 13.0. The van der Waals surface area contributed by atoms with Gasteiger partial charge in [0.1, 0.15) is 5.60 Å². The van der Waals surface area contributed by atoms with Crippen molar-refractivity contribution in [2.45, 2.75) is 45.4 Å². The van der Waals surface area contributed by atoms with E-state index in [1.54, 1.807) is 20.8 Å². The van der Waals surface area contributed by atoms with Crippen LogP contribution in [0.2, 0.25) is 0 Å². The first-order valence-electron chi connectivity index (χ1n) is 8.42. The van der Waals surface area contributed by atoms with Crippen LogP contribution < -0.4 is 5.32 Å². The maximum Gasteiger partial charge on any atom is 0.418 e. The first kappa shape index (κ1) is 20.1. The molecule has 1 heterocycles. The molecule has 0 aromatic heterocycles. The molecule has 1 unspecified atom stereocenters. The van der Waals surface area contributed by atoms with Crippen LogP contribution in [0.4, 0.5) is 23.7 Å². The Labute approximate surface area is 150 Å². The van der Waals surface area contributed by atoms with E-state index >= 15 is 0 Å². The van der Waals surface area contributed by atoms with Crippen LogP contribution in [0.5, 0.6) is 0 Å². The van der Waals surface area contributed by atoms with Crippen LogP contribution in [0, 0.1) is 5.92 Å². The van der Waals surface area contributed by atoms with E-state index in [2.05, 4.69) is 5.32 Å². The number of nitrogens with zero attached hydrogens (tertiary/aromatic N) is 1. The van der Waals surface area contributed by atoms with Crippen LogP contribution >= 0.6 is 0 Å². The van der Waals surface area contributed by atoms with E-state index in [0.29, 0.717) is 19.4 Å². The number of hydrogen-bond donors (Lipinski definition) is 1. The molecule has 26 heavy (non-hydrogen) atoms. The number of carbonyl (C=O) groups excluding carboxylic acids is 2. The van der Waals surface area contributed by atoms with Crippen LogP contribution in [0.1, 0.15) is 39.2 Å². The van der Waals surface area contributed by atoms with Crippen molar-refractivity contribution in [2.75, 3.05) is 18.4 Å². The van der Waals surface area contributed by atoms with Crippen LogP contribution in [-0.2, 0) is 15.7 Å². The number of halogens is 3. The Kier molecular flexibility index (Phi) is 5.83. The van der Waals surface area contributed by atoms with Crippen LogP contribution in [-0.4, -0.2) is 35.6 Å². The normalized spacial score (nSPS) is 18.4. The predicted octanol–water partition coefficient (Wildman–Crippen LogP) is 4.29. The van der Waals surface area contributed by atoms with E-state index in [1.165, 1.54) is 23.1 Å². The van der Waals surface area contributed by atoms with E-state index in [-0.39, 0.29) is 12.2 Å². The quantitative estimate of drug-likeness (QED) is 0.842. The van der Waals surface area contributed by atoms with Gasteiger partial charge in [-0.1, -0.05) is 12.1 Å². The molecule has 5 nitrogen and oxygen atoms in total. The summed E-state index contributed by atoms with van der Waals surface area (Å²) in [4.78, 5) is 26.0. The Morgan fingerprint density at radius 3 is 2.46 bits per heavy atom. The predicted molar refractivity (Wildman–Crippen MR) is 90.6 cm³/mol. The summed E-state index contributed by atoms with van der Waals surface area (Å²) in [6, 6.07) is 4.83. The van der Waals surface area contributed by atoms with Gasteiger partial charge in [-0.2, -0.15) is 13.2 Å². The minimum Gasteiger partial charge on any atom is -0.444 e. The summed E-state index contributed by atoms with van der Waals surface area (Å²) in [7, 11) is 0. The van der Waals surface area contributed by atoms with Crippen molar-refractivity contribution >= 4 is 17.7 Å². The zero-order chi connectivity index (χ0) is 19.5. The van der Waals surface area contributed by atoms with Crippen molar-refractivity contribution in [1.29, 1.82) is 0 Å². The zero-order valence-electron chi connectivity index (χ0n) is 15.0. The minimum absolute atomic E-state index is 0.120. The monoisotopic (exact) mass is 372 g/mol. The lowest BCUT2D eigenvalue weighted by Gasteiger charge is -2.33. The van der Waals surface area contributed by atoms with Gasteiger partial charge in [0.15, 0.2) is 0 Å². The fraction of sp³-hybridized carbons (Fsp3) is 0.556. The van der Waals surface area contributed by atoms with Crippen LogP contribution in [0.25, 0.3) is 0 Å². The van der Waals surface area contributed by atoms with Crippen molar-refractivity contribution < 1.29 is 27.5 Å². The third-order valence-corrected chi connectivity index (χ3v) is 3.93. The van der Waals surface area contributed by atoms with Crippen molar-refractivity contribution in [3.05, 3.63) is 29.8 Å².